The van der Waals surface area contributed by atoms with E-state index in [1.165, 1.54) is 0 Å². The maximum absolute atomic E-state index is 11.8. The zero-order valence-electron chi connectivity index (χ0n) is 30.2. The number of nitrogens with two attached hydrogens (primary N) is 1. The van der Waals surface area contributed by atoms with Crippen molar-refractivity contribution in [2.24, 2.45) is 5.73 Å². The highest BCUT2D eigenvalue weighted by Crippen LogP contribution is 2.30. The molecule has 0 aliphatic heterocycles. The average molecular weight is 762 g/mol. The summed E-state index contributed by atoms with van der Waals surface area (Å²) in [5.74, 6) is 0.635. The number of halogens is 1. The summed E-state index contributed by atoms with van der Waals surface area (Å²) < 4.78 is 33.2. The van der Waals surface area contributed by atoms with Crippen LogP contribution >= 0.6 is 11.6 Å². The molecule has 3 aromatic rings. The van der Waals surface area contributed by atoms with Gasteiger partial charge >= 0.3 is 12.1 Å². The summed E-state index contributed by atoms with van der Waals surface area (Å²) in [6.07, 6.45) is 1.99. The summed E-state index contributed by atoms with van der Waals surface area (Å²) in [6, 6.07) is 12.3. The molecule has 1 aromatic heterocycles. The number of urea groups is 2. The molecule has 0 aliphatic carbocycles. The summed E-state index contributed by atoms with van der Waals surface area (Å²) in [5.41, 5.74) is 7.60. The van der Waals surface area contributed by atoms with Crippen LogP contribution in [-0.2, 0) is 23.7 Å². The number of hydrogen-bond donors (Lipinski definition) is 7. The van der Waals surface area contributed by atoms with Gasteiger partial charge in [-0.3, -0.25) is 10.7 Å². The third-order valence-corrected chi connectivity index (χ3v) is 7.29. The summed E-state index contributed by atoms with van der Waals surface area (Å²) in [4.78, 5) is 32.3. The van der Waals surface area contributed by atoms with Crippen molar-refractivity contribution in [2.75, 3.05) is 104 Å². The number of nitrogens with zero attached hydrogens (tertiary/aromatic N) is 2. The molecule has 3 rings (SSSR count). The van der Waals surface area contributed by atoms with Crippen LogP contribution in [0.1, 0.15) is 19.8 Å². The molecule has 17 nitrogen and oxygen atoms in total. The number of aromatic nitrogens is 2. The van der Waals surface area contributed by atoms with E-state index in [1.54, 1.807) is 18.2 Å². The van der Waals surface area contributed by atoms with Crippen LogP contribution in [0, 0.1) is 5.41 Å². The molecule has 0 bridgehead atoms. The van der Waals surface area contributed by atoms with E-state index in [-0.39, 0.29) is 24.0 Å². The second-order valence-electron chi connectivity index (χ2n) is 11.2. The van der Waals surface area contributed by atoms with Gasteiger partial charge in [0.05, 0.1) is 77.3 Å². The molecule has 8 N–H and O–H groups in total. The first-order chi connectivity index (χ1) is 25.9. The second kappa shape index (κ2) is 26.3. The molecule has 53 heavy (non-hydrogen) atoms. The van der Waals surface area contributed by atoms with E-state index in [0.717, 1.165) is 23.8 Å². The molecule has 18 heteroatoms. The molecule has 0 saturated heterocycles. The van der Waals surface area contributed by atoms with Crippen molar-refractivity contribution >= 4 is 46.5 Å². The van der Waals surface area contributed by atoms with E-state index in [1.807, 2.05) is 24.3 Å². The quantitative estimate of drug-likeness (QED) is 0.0338. The summed E-state index contributed by atoms with van der Waals surface area (Å²) in [5, 5.41) is 22.4. The maximum atomic E-state index is 11.8. The largest absolute Gasteiger partial charge is 0.491 e. The van der Waals surface area contributed by atoms with Crippen LogP contribution < -0.4 is 37.1 Å². The smallest absolute Gasteiger partial charge is 0.314 e. The molecule has 0 unspecified atom stereocenters. The highest BCUT2D eigenvalue weighted by Gasteiger charge is 2.12. The van der Waals surface area contributed by atoms with Crippen LogP contribution in [0.5, 0.6) is 5.75 Å². The molecular weight excluding hydrogens is 710 g/mol. The zero-order valence-corrected chi connectivity index (χ0v) is 30.9. The Morgan fingerprint density at radius 1 is 0.698 bits per heavy atom. The Labute approximate surface area is 314 Å². The number of carbonyl (C=O) groups excluding carboxylic acids is 2. The number of guanidine groups is 1. The third-order valence-electron chi connectivity index (χ3n) is 7.06. The number of rotatable bonds is 27. The first-order valence-corrected chi connectivity index (χ1v) is 18.0. The van der Waals surface area contributed by atoms with E-state index in [9.17, 15) is 9.59 Å². The number of ether oxygens (including phenoxy) is 6. The van der Waals surface area contributed by atoms with Crippen molar-refractivity contribution in [2.45, 2.75) is 19.8 Å². The van der Waals surface area contributed by atoms with E-state index < -0.39 is 0 Å². The van der Waals surface area contributed by atoms with Gasteiger partial charge < -0.3 is 55.4 Å². The SMILES string of the molecule is CCCCNC(=O)NCCOCCOCCNC(=O)NCCOCCOCCOCCOc1ccc(-c2nc(NC(=N)N)nc3ccc(Cl)cc23)cc1. The predicted molar refractivity (Wildman–Crippen MR) is 203 cm³/mol. The van der Waals surface area contributed by atoms with Gasteiger partial charge in [-0.05, 0) is 48.9 Å². The van der Waals surface area contributed by atoms with Crippen LogP contribution in [-0.4, -0.2) is 127 Å². The molecule has 0 fully saturated rings. The van der Waals surface area contributed by atoms with Crippen LogP contribution in [0.25, 0.3) is 22.2 Å². The number of benzene rings is 2. The predicted octanol–water partition coefficient (Wildman–Crippen LogP) is 3.12. The van der Waals surface area contributed by atoms with Crippen molar-refractivity contribution in [3.05, 3.63) is 47.5 Å². The molecule has 1 heterocycles. The fraction of sp³-hybridized carbons (Fsp3) is 0.514. The van der Waals surface area contributed by atoms with Gasteiger partial charge in [0.1, 0.15) is 12.4 Å². The second-order valence-corrected chi connectivity index (χ2v) is 11.7. The number of carbonyl (C=O) groups is 2. The topological polar surface area (TPSA) is 225 Å². The number of nitrogens with one attached hydrogen (secondary N) is 6. The number of hydrogen-bond acceptors (Lipinski definition) is 11. The number of amides is 4. The normalized spacial score (nSPS) is 10.9. The Balaban J connectivity index is 1.11. The van der Waals surface area contributed by atoms with Crippen LogP contribution in [0.15, 0.2) is 42.5 Å². The Morgan fingerprint density at radius 3 is 1.74 bits per heavy atom. The van der Waals surface area contributed by atoms with Gasteiger partial charge in [-0.2, -0.15) is 0 Å². The molecular formula is C35H52ClN9O8. The van der Waals surface area contributed by atoms with Crippen molar-refractivity contribution in [1.29, 1.82) is 5.41 Å². The van der Waals surface area contributed by atoms with E-state index >= 15 is 0 Å². The highest BCUT2D eigenvalue weighted by molar-refractivity contribution is 6.31. The van der Waals surface area contributed by atoms with Gasteiger partial charge in [-0.1, -0.05) is 24.9 Å². The molecule has 2 aromatic carbocycles. The van der Waals surface area contributed by atoms with Gasteiger partial charge in [-0.15, -0.1) is 0 Å². The molecule has 0 radical (unpaired) electrons. The molecule has 0 atom stereocenters. The first kappa shape index (κ1) is 42.9. The molecule has 0 aliphatic rings. The lowest BCUT2D eigenvalue weighted by Gasteiger charge is -2.11. The van der Waals surface area contributed by atoms with E-state index in [2.05, 4.69) is 43.5 Å². The van der Waals surface area contributed by atoms with Crippen LogP contribution in [0.2, 0.25) is 5.02 Å². The van der Waals surface area contributed by atoms with Crippen molar-refractivity contribution in [1.82, 2.24) is 31.2 Å². The summed E-state index contributed by atoms with van der Waals surface area (Å²) in [6.45, 7) is 8.20. The molecule has 0 saturated carbocycles. The first-order valence-electron chi connectivity index (χ1n) is 17.6. The lowest BCUT2D eigenvalue weighted by Crippen LogP contribution is -2.39. The van der Waals surface area contributed by atoms with E-state index in [4.69, 9.17) is 51.2 Å². The van der Waals surface area contributed by atoms with Gasteiger partial charge in [0, 0.05) is 42.2 Å². The molecule has 4 amide bonds. The van der Waals surface area contributed by atoms with Gasteiger partial charge in [0.15, 0.2) is 5.96 Å². The highest BCUT2D eigenvalue weighted by atomic mass is 35.5. The number of fused-ring (bicyclic) bond motifs is 1. The van der Waals surface area contributed by atoms with Crippen molar-refractivity contribution < 1.29 is 38.0 Å². The average Bonchev–Trinajstić information content (AvgIpc) is 3.14. The van der Waals surface area contributed by atoms with Gasteiger partial charge in [0.2, 0.25) is 5.95 Å². The lowest BCUT2D eigenvalue weighted by molar-refractivity contribution is 0.0101. The third kappa shape index (κ3) is 18.7. The Morgan fingerprint density at radius 2 is 1.21 bits per heavy atom. The Kier molecular flexibility index (Phi) is 21.3. The lowest BCUT2D eigenvalue weighted by atomic mass is 10.1. The van der Waals surface area contributed by atoms with E-state index in [0.29, 0.717) is 121 Å². The van der Waals surface area contributed by atoms with Gasteiger partial charge in [-0.25, -0.2) is 19.6 Å². The molecule has 292 valence electrons. The molecule has 0 spiro atoms. The summed E-state index contributed by atoms with van der Waals surface area (Å²) >= 11 is 6.23. The van der Waals surface area contributed by atoms with Crippen LogP contribution in [0.4, 0.5) is 15.5 Å². The Hall–Kier alpha value is -4.52. The minimum absolute atomic E-state index is 0.189. The Bertz CT molecular complexity index is 1520. The van der Waals surface area contributed by atoms with Crippen molar-refractivity contribution in [3.8, 4) is 17.0 Å². The monoisotopic (exact) mass is 761 g/mol. The number of anilines is 1. The van der Waals surface area contributed by atoms with Gasteiger partial charge in [0.25, 0.3) is 0 Å². The fourth-order valence-electron chi connectivity index (χ4n) is 4.50. The standard InChI is InChI=1S/C35H52ClN9O8/c1-2-3-10-39-34(46)40-11-14-48-17-18-49-15-12-41-35(47)42-13-16-50-19-20-51-21-22-52-23-24-53-28-7-4-26(5-8-28)31-29-25-27(36)6-9-30(29)43-33(44-31)45-32(37)38/h4-9,25H,2-3,10-24H2,1H3,(H2,39,40,46)(H2,41,42,47)(H4,37,38,43,44,45). The number of unbranched alkanes of at least 4 members (excludes halogenated alkanes) is 1. The minimum Gasteiger partial charge on any atom is -0.491 e. The van der Waals surface area contributed by atoms with Crippen molar-refractivity contribution in [3.63, 3.8) is 0 Å². The minimum atomic E-state index is -0.300. The zero-order chi connectivity index (χ0) is 37.9. The summed E-state index contributed by atoms with van der Waals surface area (Å²) in [7, 11) is 0. The maximum Gasteiger partial charge on any atom is 0.314 e. The van der Waals surface area contributed by atoms with Crippen LogP contribution in [0.3, 0.4) is 0 Å². The fourth-order valence-corrected chi connectivity index (χ4v) is 4.67.